The van der Waals surface area contributed by atoms with Gasteiger partial charge in [0.1, 0.15) is 5.54 Å². The second-order valence-corrected chi connectivity index (χ2v) is 3.06. The van der Waals surface area contributed by atoms with Crippen LogP contribution in [0.4, 0.5) is 0 Å². The van der Waals surface area contributed by atoms with Gasteiger partial charge < -0.3 is 4.74 Å². The largest absolute Gasteiger partial charge is 0.468 e. The molecule has 4 nitrogen and oxygen atoms in total. The fourth-order valence-corrected chi connectivity index (χ4v) is 1.42. The molecule has 0 unspecified atom stereocenters. The van der Waals surface area contributed by atoms with Crippen LogP contribution >= 0.6 is 0 Å². The van der Waals surface area contributed by atoms with Crippen LogP contribution in [0.3, 0.4) is 0 Å². The zero-order valence-electron chi connectivity index (χ0n) is 6.96. The Kier molecular flexibility index (Phi) is 2.15. The first-order chi connectivity index (χ1) is 5.11. The molecule has 0 radical (unpaired) electrons. The molecule has 4 heteroatoms. The van der Waals surface area contributed by atoms with Crippen LogP contribution in [0.2, 0.25) is 0 Å². The fraction of sp³-hybridized carbons (Fsp3) is 0.857. The highest BCUT2D eigenvalue weighted by Crippen LogP contribution is 2.26. The van der Waals surface area contributed by atoms with Gasteiger partial charge in [-0.05, 0) is 19.8 Å². The number of carbonyl (C=O) groups is 1. The molecule has 1 rings (SSSR count). The zero-order chi connectivity index (χ0) is 8.48. The molecule has 0 spiro atoms. The highest BCUT2D eigenvalue weighted by atomic mass is 16.5. The monoisotopic (exact) mass is 158 g/mol. The lowest BCUT2D eigenvalue weighted by atomic mass is 10.0. The van der Waals surface area contributed by atoms with E-state index in [1.54, 1.807) is 5.01 Å². The van der Waals surface area contributed by atoms with Gasteiger partial charge in [-0.15, -0.1) is 0 Å². The third kappa shape index (κ3) is 1.23. The van der Waals surface area contributed by atoms with Crippen molar-refractivity contribution in [3.8, 4) is 0 Å². The summed E-state index contributed by atoms with van der Waals surface area (Å²) in [5.74, 6) is 5.38. The number of rotatable bonds is 1. The van der Waals surface area contributed by atoms with Crippen LogP contribution in [-0.2, 0) is 9.53 Å². The maximum Gasteiger partial charge on any atom is 0.327 e. The van der Waals surface area contributed by atoms with Crippen molar-refractivity contribution in [1.82, 2.24) is 5.01 Å². The summed E-state index contributed by atoms with van der Waals surface area (Å²) in [6.07, 6.45) is 1.75. The van der Waals surface area contributed by atoms with Crippen LogP contribution < -0.4 is 5.84 Å². The van der Waals surface area contributed by atoms with Gasteiger partial charge in [0, 0.05) is 6.54 Å². The molecule has 0 aromatic rings. The zero-order valence-corrected chi connectivity index (χ0v) is 6.96. The Balaban J connectivity index is 2.72. The second kappa shape index (κ2) is 2.79. The Hall–Kier alpha value is -0.610. The Bertz CT molecular complexity index is 172. The molecule has 0 amide bonds. The van der Waals surface area contributed by atoms with Gasteiger partial charge in [0.25, 0.3) is 0 Å². The smallest absolute Gasteiger partial charge is 0.327 e. The predicted molar refractivity (Wildman–Crippen MR) is 40.5 cm³/mol. The van der Waals surface area contributed by atoms with E-state index in [0.717, 1.165) is 19.4 Å². The van der Waals surface area contributed by atoms with Gasteiger partial charge in [0.2, 0.25) is 0 Å². The van der Waals surface area contributed by atoms with Crippen molar-refractivity contribution < 1.29 is 9.53 Å². The van der Waals surface area contributed by atoms with Gasteiger partial charge in [-0.2, -0.15) is 0 Å². The minimum absolute atomic E-state index is 0.238. The van der Waals surface area contributed by atoms with Crippen LogP contribution in [0.1, 0.15) is 19.8 Å². The minimum Gasteiger partial charge on any atom is -0.468 e. The number of methoxy groups -OCH3 is 1. The molecule has 1 saturated heterocycles. The third-order valence-electron chi connectivity index (χ3n) is 2.32. The lowest BCUT2D eigenvalue weighted by Gasteiger charge is -2.27. The summed E-state index contributed by atoms with van der Waals surface area (Å²) in [7, 11) is 1.39. The van der Waals surface area contributed by atoms with E-state index < -0.39 is 5.54 Å². The number of hydrogen-bond donors (Lipinski definition) is 1. The number of hydrogen-bond acceptors (Lipinski definition) is 4. The summed E-state index contributed by atoms with van der Waals surface area (Å²) in [5.41, 5.74) is -0.589. The maximum absolute atomic E-state index is 11.2. The first-order valence-electron chi connectivity index (χ1n) is 3.72. The van der Waals surface area contributed by atoms with Crippen LogP contribution in [0.15, 0.2) is 0 Å². The normalized spacial score (nSPS) is 32.3. The Morgan fingerprint density at radius 2 is 2.36 bits per heavy atom. The van der Waals surface area contributed by atoms with Crippen LogP contribution in [0.25, 0.3) is 0 Å². The van der Waals surface area contributed by atoms with E-state index >= 15 is 0 Å². The predicted octanol–water partition coefficient (Wildman–Crippen LogP) is -0.112. The second-order valence-electron chi connectivity index (χ2n) is 3.06. The molecule has 0 bridgehead atoms. The number of nitrogens with zero attached hydrogens (tertiary/aromatic N) is 1. The molecule has 1 heterocycles. The molecular weight excluding hydrogens is 144 g/mol. The summed E-state index contributed by atoms with van der Waals surface area (Å²) in [5, 5.41) is 1.55. The van der Waals surface area contributed by atoms with Gasteiger partial charge in [-0.3, -0.25) is 10.6 Å². The van der Waals surface area contributed by atoms with E-state index in [1.165, 1.54) is 7.11 Å². The van der Waals surface area contributed by atoms with E-state index in [9.17, 15) is 4.79 Å². The summed E-state index contributed by atoms with van der Waals surface area (Å²) in [4.78, 5) is 11.2. The molecule has 1 aliphatic rings. The number of nitrogens with two attached hydrogens (primary N) is 1. The Labute approximate surface area is 66.3 Å². The fourth-order valence-electron chi connectivity index (χ4n) is 1.42. The van der Waals surface area contributed by atoms with Gasteiger partial charge in [-0.25, -0.2) is 5.01 Å². The van der Waals surface area contributed by atoms with Crippen molar-refractivity contribution in [1.29, 1.82) is 0 Å². The molecule has 64 valence electrons. The number of ether oxygens (including phenoxy) is 1. The molecular formula is C7H14N2O2. The number of esters is 1. The molecule has 11 heavy (non-hydrogen) atoms. The standard InChI is InChI=1S/C7H14N2O2/c1-7(6(10)11-2)4-3-5-9(7)8/h3-5,8H2,1-2H3/t7-/m0/s1. The Morgan fingerprint density at radius 1 is 1.73 bits per heavy atom. The first-order valence-corrected chi connectivity index (χ1v) is 3.72. The average molecular weight is 158 g/mol. The summed E-state index contributed by atoms with van der Waals surface area (Å²) in [6, 6.07) is 0. The van der Waals surface area contributed by atoms with Crippen molar-refractivity contribution in [2.75, 3.05) is 13.7 Å². The molecule has 0 saturated carbocycles. The molecule has 1 fully saturated rings. The first kappa shape index (κ1) is 8.49. The van der Waals surface area contributed by atoms with Gasteiger partial charge in [0.15, 0.2) is 0 Å². The van der Waals surface area contributed by atoms with Crippen LogP contribution in [-0.4, -0.2) is 30.2 Å². The summed E-state index contributed by atoms with van der Waals surface area (Å²) < 4.78 is 4.65. The third-order valence-corrected chi connectivity index (χ3v) is 2.32. The number of hydrazine groups is 1. The Morgan fingerprint density at radius 3 is 2.73 bits per heavy atom. The van der Waals surface area contributed by atoms with E-state index in [-0.39, 0.29) is 5.97 Å². The quantitative estimate of drug-likeness (QED) is 0.427. The van der Waals surface area contributed by atoms with Crippen molar-refractivity contribution in [2.45, 2.75) is 25.3 Å². The van der Waals surface area contributed by atoms with E-state index in [1.807, 2.05) is 6.92 Å². The van der Waals surface area contributed by atoms with E-state index in [4.69, 9.17) is 5.84 Å². The molecule has 0 aliphatic carbocycles. The van der Waals surface area contributed by atoms with Crippen molar-refractivity contribution in [2.24, 2.45) is 5.84 Å². The molecule has 2 N–H and O–H groups in total. The van der Waals surface area contributed by atoms with Crippen LogP contribution in [0, 0.1) is 0 Å². The SMILES string of the molecule is COC(=O)[C@]1(C)CCCN1N. The molecule has 1 atom stereocenters. The van der Waals surface area contributed by atoms with Gasteiger partial charge in [-0.1, -0.05) is 0 Å². The lowest BCUT2D eigenvalue weighted by Crippen LogP contribution is -2.52. The van der Waals surface area contributed by atoms with Gasteiger partial charge in [0.05, 0.1) is 7.11 Å². The summed E-state index contributed by atoms with van der Waals surface area (Å²) in [6.45, 7) is 2.58. The highest BCUT2D eigenvalue weighted by Gasteiger charge is 2.42. The minimum atomic E-state index is -0.589. The van der Waals surface area contributed by atoms with E-state index in [0.29, 0.717) is 0 Å². The molecule has 0 aromatic heterocycles. The topological polar surface area (TPSA) is 55.6 Å². The highest BCUT2D eigenvalue weighted by molar-refractivity contribution is 5.80. The van der Waals surface area contributed by atoms with Crippen molar-refractivity contribution >= 4 is 5.97 Å². The maximum atomic E-state index is 11.2. The lowest BCUT2D eigenvalue weighted by molar-refractivity contribution is -0.152. The average Bonchev–Trinajstić information content (AvgIpc) is 2.32. The van der Waals surface area contributed by atoms with Gasteiger partial charge >= 0.3 is 5.97 Å². The van der Waals surface area contributed by atoms with Crippen molar-refractivity contribution in [3.05, 3.63) is 0 Å². The summed E-state index contributed by atoms with van der Waals surface area (Å²) >= 11 is 0. The van der Waals surface area contributed by atoms with Crippen LogP contribution in [0.5, 0.6) is 0 Å². The molecule has 1 aliphatic heterocycles. The molecule has 0 aromatic carbocycles. The van der Waals surface area contributed by atoms with E-state index in [2.05, 4.69) is 4.74 Å². The number of carbonyl (C=O) groups excluding carboxylic acids is 1. The van der Waals surface area contributed by atoms with Crippen molar-refractivity contribution in [3.63, 3.8) is 0 Å².